The van der Waals surface area contributed by atoms with Crippen LogP contribution in [-0.4, -0.2) is 6.54 Å². The normalized spacial score (nSPS) is 12.1. The van der Waals surface area contributed by atoms with E-state index in [-0.39, 0.29) is 0 Å². The fourth-order valence-electron chi connectivity index (χ4n) is 1.84. The molecule has 1 rings (SSSR count). The van der Waals surface area contributed by atoms with Gasteiger partial charge in [-0.3, -0.25) is 0 Å². The molecule has 0 heterocycles. The lowest BCUT2D eigenvalue weighted by Gasteiger charge is -2.20. The predicted molar refractivity (Wildman–Crippen MR) is 78.0 cm³/mol. The number of terminal acetylenes is 1. The Hall–Kier alpha value is -0.780. The SMILES string of the molecule is C#CCCC(NCCC)c1cc(C)ccc1Br. The molecule has 1 aromatic rings. The summed E-state index contributed by atoms with van der Waals surface area (Å²) in [5.74, 6) is 2.72. The van der Waals surface area contributed by atoms with E-state index in [9.17, 15) is 0 Å². The molecular weight excluding hydrogens is 274 g/mol. The molecule has 0 radical (unpaired) electrons. The number of hydrogen-bond acceptors (Lipinski definition) is 1. The van der Waals surface area contributed by atoms with E-state index < -0.39 is 0 Å². The van der Waals surface area contributed by atoms with Crippen LogP contribution in [0, 0.1) is 19.3 Å². The van der Waals surface area contributed by atoms with Crippen LogP contribution in [0.5, 0.6) is 0 Å². The first-order valence-electron chi connectivity index (χ1n) is 6.12. The molecule has 0 amide bonds. The Kier molecular flexibility index (Phi) is 6.32. The van der Waals surface area contributed by atoms with Gasteiger partial charge < -0.3 is 5.32 Å². The van der Waals surface area contributed by atoms with Gasteiger partial charge in [0.05, 0.1) is 0 Å². The number of aryl methyl sites for hydroxylation is 1. The Balaban J connectivity index is 2.86. The molecule has 0 aliphatic carbocycles. The van der Waals surface area contributed by atoms with Crippen molar-refractivity contribution in [1.82, 2.24) is 5.32 Å². The molecule has 1 N–H and O–H groups in total. The first-order valence-corrected chi connectivity index (χ1v) is 6.91. The van der Waals surface area contributed by atoms with Crippen molar-refractivity contribution in [2.75, 3.05) is 6.54 Å². The first-order chi connectivity index (χ1) is 8.19. The molecule has 1 unspecified atom stereocenters. The highest BCUT2D eigenvalue weighted by atomic mass is 79.9. The second-order valence-corrected chi connectivity index (χ2v) is 5.13. The van der Waals surface area contributed by atoms with Crippen LogP contribution in [0.25, 0.3) is 0 Å². The summed E-state index contributed by atoms with van der Waals surface area (Å²) in [5.41, 5.74) is 2.60. The zero-order valence-electron chi connectivity index (χ0n) is 10.6. The maximum atomic E-state index is 5.36. The second kappa shape index (κ2) is 7.53. The van der Waals surface area contributed by atoms with Crippen molar-refractivity contribution in [2.45, 2.75) is 39.2 Å². The quantitative estimate of drug-likeness (QED) is 0.775. The van der Waals surface area contributed by atoms with Crippen LogP contribution in [0.2, 0.25) is 0 Å². The second-order valence-electron chi connectivity index (χ2n) is 4.27. The van der Waals surface area contributed by atoms with E-state index in [1.54, 1.807) is 0 Å². The zero-order chi connectivity index (χ0) is 12.7. The lowest BCUT2D eigenvalue weighted by molar-refractivity contribution is 0.504. The highest BCUT2D eigenvalue weighted by molar-refractivity contribution is 9.10. The molecule has 0 aromatic heterocycles. The molecule has 2 heteroatoms. The standard InChI is InChI=1S/C15H20BrN/c1-4-6-7-15(17-10-5-2)13-11-12(3)8-9-14(13)16/h1,8-9,11,15,17H,5-7,10H2,2-3H3. The Bertz CT molecular complexity index is 392. The van der Waals surface area contributed by atoms with Crippen molar-refractivity contribution in [3.63, 3.8) is 0 Å². The number of halogens is 1. The zero-order valence-corrected chi connectivity index (χ0v) is 12.2. The third-order valence-corrected chi connectivity index (χ3v) is 3.47. The average Bonchev–Trinajstić information content (AvgIpc) is 2.33. The van der Waals surface area contributed by atoms with Crippen LogP contribution in [0.1, 0.15) is 43.4 Å². The van der Waals surface area contributed by atoms with E-state index in [1.165, 1.54) is 11.1 Å². The first kappa shape index (κ1) is 14.3. The lowest BCUT2D eigenvalue weighted by Crippen LogP contribution is -2.22. The minimum atomic E-state index is 0.347. The Labute approximate surface area is 113 Å². The molecule has 1 nitrogen and oxygen atoms in total. The fraction of sp³-hybridized carbons (Fsp3) is 0.467. The molecular formula is C15H20BrN. The van der Waals surface area contributed by atoms with E-state index in [2.05, 4.69) is 59.2 Å². The van der Waals surface area contributed by atoms with E-state index >= 15 is 0 Å². The van der Waals surface area contributed by atoms with Crippen molar-refractivity contribution >= 4 is 15.9 Å². The Morgan fingerprint density at radius 2 is 2.24 bits per heavy atom. The van der Waals surface area contributed by atoms with Gasteiger partial charge in [0, 0.05) is 16.9 Å². The van der Waals surface area contributed by atoms with Gasteiger partial charge in [-0.2, -0.15) is 0 Å². The van der Waals surface area contributed by atoms with Crippen LogP contribution < -0.4 is 5.32 Å². The predicted octanol–water partition coefficient (Wildman–Crippen LogP) is 4.21. The van der Waals surface area contributed by atoms with Crippen molar-refractivity contribution < 1.29 is 0 Å². The van der Waals surface area contributed by atoms with Crippen molar-refractivity contribution in [2.24, 2.45) is 0 Å². The smallest absolute Gasteiger partial charge is 0.0340 e. The third kappa shape index (κ3) is 4.53. The highest BCUT2D eigenvalue weighted by Crippen LogP contribution is 2.27. The lowest BCUT2D eigenvalue weighted by atomic mass is 10.00. The number of benzene rings is 1. The monoisotopic (exact) mass is 293 g/mol. The topological polar surface area (TPSA) is 12.0 Å². The average molecular weight is 294 g/mol. The molecule has 0 saturated heterocycles. The fourth-order valence-corrected chi connectivity index (χ4v) is 2.37. The molecule has 17 heavy (non-hydrogen) atoms. The summed E-state index contributed by atoms with van der Waals surface area (Å²) < 4.78 is 1.16. The minimum Gasteiger partial charge on any atom is -0.310 e. The van der Waals surface area contributed by atoms with Crippen molar-refractivity contribution in [3.05, 3.63) is 33.8 Å². The van der Waals surface area contributed by atoms with Gasteiger partial charge in [-0.15, -0.1) is 12.3 Å². The summed E-state index contributed by atoms with van der Waals surface area (Å²) in [5, 5.41) is 3.56. The number of hydrogen-bond donors (Lipinski definition) is 1. The summed E-state index contributed by atoms with van der Waals surface area (Å²) in [7, 11) is 0. The van der Waals surface area contributed by atoms with Gasteiger partial charge in [-0.25, -0.2) is 0 Å². The molecule has 1 aromatic carbocycles. The van der Waals surface area contributed by atoms with Crippen molar-refractivity contribution in [1.29, 1.82) is 0 Å². The number of rotatable bonds is 6. The summed E-state index contributed by atoms with van der Waals surface area (Å²) in [4.78, 5) is 0. The third-order valence-electron chi connectivity index (χ3n) is 2.75. The Morgan fingerprint density at radius 3 is 2.88 bits per heavy atom. The van der Waals surface area contributed by atoms with Gasteiger partial charge in [0.2, 0.25) is 0 Å². The molecule has 0 bridgehead atoms. The van der Waals surface area contributed by atoms with E-state index in [0.717, 1.165) is 30.3 Å². The Morgan fingerprint density at radius 1 is 1.47 bits per heavy atom. The van der Waals surface area contributed by atoms with Crippen LogP contribution in [0.4, 0.5) is 0 Å². The van der Waals surface area contributed by atoms with Crippen LogP contribution in [-0.2, 0) is 0 Å². The van der Waals surface area contributed by atoms with E-state index in [4.69, 9.17) is 6.42 Å². The van der Waals surface area contributed by atoms with Gasteiger partial charge in [-0.1, -0.05) is 40.5 Å². The van der Waals surface area contributed by atoms with E-state index in [0.29, 0.717) is 6.04 Å². The van der Waals surface area contributed by atoms with Gasteiger partial charge >= 0.3 is 0 Å². The molecule has 0 saturated carbocycles. The van der Waals surface area contributed by atoms with Crippen LogP contribution in [0.3, 0.4) is 0 Å². The summed E-state index contributed by atoms with van der Waals surface area (Å²) in [6.45, 7) is 5.32. The molecule has 0 spiro atoms. The van der Waals surface area contributed by atoms with Crippen LogP contribution >= 0.6 is 15.9 Å². The van der Waals surface area contributed by atoms with Crippen LogP contribution in [0.15, 0.2) is 22.7 Å². The molecule has 0 aliphatic heterocycles. The molecule has 0 fully saturated rings. The molecule has 92 valence electrons. The van der Waals surface area contributed by atoms with Gasteiger partial charge in [0.1, 0.15) is 0 Å². The minimum absolute atomic E-state index is 0.347. The summed E-state index contributed by atoms with van der Waals surface area (Å²) in [6, 6.07) is 6.81. The van der Waals surface area contributed by atoms with Gasteiger partial charge in [-0.05, 0) is 37.9 Å². The van der Waals surface area contributed by atoms with Crippen molar-refractivity contribution in [3.8, 4) is 12.3 Å². The van der Waals surface area contributed by atoms with Gasteiger partial charge in [0.25, 0.3) is 0 Å². The van der Waals surface area contributed by atoms with Gasteiger partial charge in [0.15, 0.2) is 0 Å². The summed E-state index contributed by atoms with van der Waals surface area (Å²) in [6.07, 6.45) is 8.29. The highest BCUT2D eigenvalue weighted by Gasteiger charge is 2.13. The maximum absolute atomic E-state index is 5.36. The molecule has 1 atom stereocenters. The van der Waals surface area contributed by atoms with E-state index in [1.807, 2.05) is 0 Å². The number of nitrogens with one attached hydrogen (secondary N) is 1. The maximum Gasteiger partial charge on any atom is 0.0340 e. The largest absolute Gasteiger partial charge is 0.310 e. The summed E-state index contributed by atoms with van der Waals surface area (Å²) >= 11 is 3.62. The molecule has 0 aliphatic rings.